The number of aliphatic hydroxyl groups is 1. The first kappa shape index (κ1) is 29.0. The Kier molecular flexibility index (Phi) is 11.3. The summed E-state index contributed by atoms with van der Waals surface area (Å²) >= 11 is 0. The number of rotatable bonds is 15. The van der Waals surface area contributed by atoms with Gasteiger partial charge in [-0.15, -0.1) is 0 Å². The molecular weight excluding hydrogens is 468 g/mol. The van der Waals surface area contributed by atoms with Crippen LogP contribution < -0.4 is 33.2 Å². The third-order valence-corrected chi connectivity index (χ3v) is 4.77. The molecule has 5 atom stereocenters. The lowest BCUT2D eigenvalue weighted by molar-refractivity contribution is -0.142. The van der Waals surface area contributed by atoms with E-state index in [1.165, 1.54) is 19.4 Å². The van der Waals surface area contributed by atoms with Gasteiger partial charge >= 0.3 is 5.97 Å². The second kappa shape index (κ2) is 13.6. The van der Waals surface area contributed by atoms with Crippen LogP contribution in [0.15, 0.2) is 12.5 Å². The number of carboxylic acids is 1. The van der Waals surface area contributed by atoms with Gasteiger partial charge in [-0.05, 0) is 13.3 Å². The van der Waals surface area contributed by atoms with Crippen LogP contribution in [0.5, 0.6) is 0 Å². The number of carbonyl (C=O) groups is 6. The minimum Gasteiger partial charge on any atom is -0.480 e. The van der Waals surface area contributed by atoms with Crippen molar-refractivity contribution in [2.45, 2.75) is 62.9 Å². The minimum absolute atomic E-state index is 0.134. The molecule has 16 nitrogen and oxygen atoms in total. The number of nitrogens with one attached hydrogen (secondary N) is 4. The highest BCUT2D eigenvalue weighted by atomic mass is 16.4. The lowest BCUT2D eigenvalue weighted by atomic mass is 10.1. The van der Waals surface area contributed by atoms with Gasteiger partial charge in [0.25, 0.3) is 0 Å². The first-order valence-electron chi connectivity index (χ1n) is 10.4. The van der Waals surface area contributed by atoms with E-state index in [0.717, 1.165) is 0 Å². The van der Waals surface area contributed by atoms with Crippen molar-refractivity contribution >= 4 is 35.5 Å². The number of nitrogens with zero attached hydrogens (tertiary/aromatic N) is 1. The number of aliphatic hydroxyl groups excluding tert-OH is 1. The highest BCUT2D eigenvalue weighted by Crippen LogP contribution is 2.04. The van der Waals surface area contributed by atoms with Crippen molar-refractivity contribution in [3.8, 4) is 0 Å². The quantitative estimate of drug-likeness (QED) is 0.111. The predicted octanol–water partition coefficient (Wildman–Crippen LogP) is -4.66. The molecule has 0 aliphatic carbocycles. The molecule has 0 aliphatic heterocycles. The molecule has 5 unspecified atom stereocenters. The molecule has 0 radical (unpaired) electrons. The molecule has 0 bridgehead atoms. The van der Waals surface area contributed by atoms with Crippen LogP contribution in [0, 0.1) is 0 Å². The molecule has 16 heteroatoms. The largest absolute Gasteiger partial charge is 0.480 e. The van der Waals surface area contributed by atoms with Crippen molar-refractivity contribution in [3.63, 3.8) is 0 Å². The van der Waals surface area contributed by atoms with Gasteiger partial charge in [-0.2, -0.15) is 0 Å². The maximum absolute atomic E-state index is 13.0. The number of carboxylic acid groups (broad SMARTS) is 1. The van der Waals surface area contributed by atoms with E-state index in [9.17, 15) is 39.0 Å². The number of amides is 5. The standard InChI is InChI=1S/C19H30N8O8/c1-8(28)15(22)18(33)27-11(4-9-6-23-7-24-9)16(31)26-12(5-14(21)30)17(32)25-10(19(34)35)2-3-13(20)29/h6-8,10-12,15,28H,2-5,22H2,1H3,(H2,20,29)(H2,21,30)(H,23,24)(H,25,32)(H,26,31)(H,27,33)(H,34,35). The van der Waals surface area contributed by atoms with Gasteiger partial charge < -0.3 is 48.3 Å². The van der Waals surface area contributed by atoms with Crippen LogP contribution in [0.25, 0.3) is 0 Å². The molecular formula is C19H30N8O8. The molecule has 5 amide bonds. The second-order valence-corrected chi connectivity index (χ2v) is 7.74. The molecule has 1 aromatic rings. The number of aromatic nitrogens is 2. The van der Waals surface area contributed by atoms with Gasteiger partial charge in [0.05, 0.1) is 18.9 Å². The van der Waals surface area contributed by atoms with E-state index in [4.69, 9.17) is 17.2 Å². The van der Waals surface area contributed by atoms with Gasteiger partial charge in [0.2, 0.25) is 29.5 Å². The number of hydrogen-bond donors (Lipinski definition) is 9. The minimum atomic E-state index is -1.61. The lowest BCUT2D eigenvalue weighted by Gasteiger charge is -2.25. The molecule has 0 spiro atoms. The molecule has 0 saturated heterocycles. The van der Waals surface area contributed by atoms with E-state index in [-0.39, 0.29) is 19.3 Å². The summed E-state index contributed by atoms with van der Waals surface area (Å²) < 4.78 is 0. The van der Waals surface area contributed by atoms with Gasteiger partial charge in [0, 0.05) is 24.7 Å². The molecule has 0 fully saturated rings. The third kappa shape index (κ3) is 10.2. The van der Waals surface area contributed by atoms with E-state index >= 15 is 0 Å². The van der Waals surface area contributed by atoms with Crippen LogP contribution in [0.2, 0.25) is 0 Å². The van der Waals surface area contributed by atoms with Crippen molar-refractivity contribution < 1.29 is 39.0 Å². The van der Waals surface area contributed by atoms with E-state index in [1.807, 2.05) is 0 Å². The Morgan fingerprint density at radius 3 is 2.03 bits per heavy atom. The molecule has 1 aromatic heterocycles. The number of nitrogens with two attached hydrogens (primary N) is 3. The average Bonchev–Trinajstić information content (AvgIpc) is 3.27. The van der Waals surface area contributed by atoms with Gasteiger partial charge in [-0.25, -0.2) is 9.78 Å². The highest BCUT2D eigenvalue weighted by molar-refractivity contribution is 5.96. The molecule has 0 saturated carbocycles. The highest BCUT2D eigenvalue weighted by Gasteiger charge is 2.32. The second-order valence-electron chi connectivity index (χ2n) is 7.74. The van der Waals surface area contributed by atoms with Gasteiger partial charge in [0.1, 0.15) is 24.2 Å². The van der Waals surface area contributed by atoms with Crippen molar-refractivity contribution in [1.29, 1.82) is 0 Å². The summed E-state index contributed by atoms with van der Waals surface area (Å²) in [4.78, 5) is 78.3. The van der Waals surface area contributed by atoms with Crippen LogP contribution in [0.3, 0.4) is 0 Å². The Bertz CT molecular complexity index is 920. The third-order valence-electron chi connectivity index (χ3n) is 4.77. The van der Waals surface area contributed by atoms with E-state index in [1.54, 1.807) is 0 Å². The number of primary amides is 2. The summed E-state index contributed by atoms with van der Waals surface area (Å²) in [6.07, 6.45) is -0.0225. The summed E-state index contributed by atoms with van der Waals surface area (Å²) in [5.74, 6) is -6.12. The van der Waals surface area contributed by atoms with Crippen molar-refractivity contribution in [3.05, 3.63) is 18.2 Å². The zero-order valence-electron chi connectivity index (χ0n) is 18.9. The zero-order chi connectivity index (χ0) is 26.7. The molecule has 1 heterocycles. The Morgan fingerprint density at radius 2 is 1.54 bits per heavy atom. The topological polar surface area (TPSA) is 286 Å². The van der Waals surface area contributed by atoms with Crippen LogP contribution in [-0.4, -0.2) is 86.0 Å². The van der Waals surface area contributed by atoms with Crippen LogP contribution >= 0.6 is 0 Å². The number of aromatic amines is 1. The fourth-order valence-electron chi connectivity index (χ4n) is 2.81. The Labute approximate surface area is 199 Å². The van der Waals surface area contributed by atoms with E-state index < -0.39 is 72.2 Å². The summed E-state index contributed by atoms with van der Waals surface area (Å²) in [5.41, 5.74) is 16.2. The van der Waals surface area contributed by atoms with Gasteiger partial charge in [-0.3, -0.25) is 24.0 Å². The summed E-state index contributed by atoms with van der Waals surface area (Å²) in [5, 5.41) is 25.5. The van der Waals surface area contributed by atoms with Crippen molar-refractivity contribution in [2.24, 2.45) is 17.2 Å². The maximum atomic E-state index is 13.0. The summed E-state index contributed by atoms with van der Waals surface area (Å²) in [6, 6.07) is -5.84. The number of imidazole rings is 1. The number of aliphatic carboxylic acids is 1. The van der Waals surface area contributed by atoms with E-state index in [2.05, 4.69) is 25.9 Å². The first-order chi connectivity index (χ1) is 16.3. The first-order valence-corrected chi connectivity index (χ1v) is 10.4. The number of H-pyrrole nitrogens is 1. The normalized spacial score (nSPS) is 15.1. The average molecular weight is 498 g/mol. The molecule has 35 heavy (non-hydrogen) atoms. The predicted molar refractivity (Wildman–Crippen MR) is 118 cm³/mol. The zero-order valence-corrected chi connectivity index (χ0v) is 18.9. The molecule has 1 rings (SSSR count). The van der Waals surface area contributed by atoms with Crippen LogP contribution in [0.1, 0.15) is 31.9 Å². The monoisotopic (exact) mass is 498 g/mol. The number of hydrogen-bond acceptors (Lipinski definition) is 9. The van der Waals surface area contributed by atoms with E-state index in [0.29, 0.717) is 5.69 Å². The fraction of sp³-hybridized carbons (Fsp3) is 0.526. The van der Waals surface area contributed by atoms with Gasteiger partial charge in [0.15, 0.2) is 0 Å². The van der Waals surface area contributed by atoms with Crippen LogP contribution in [-0.2, 0) is 35.2 Å². The Balaban J connectivity index is 3.06. The lowest BCUT2D eigenvalue weighted by Crippen LogP contribution is -2.59. The number of carbonyl (C=O) groups excluding carboxylic acids is 5. The smallest absolute Gasteiger partial charge is 0.326 e. The Hall–Kier alpha value is -4.05. The van der Waals surface area contributed by atoms with Crippen molar-refractivity contribution in [2.75, 3.05) is 0 Å². The summed E-state index contributed by atoms with van der Waals surface area (Å²) in [7, 11) is 0. The van der Waals surface area contributed by atoms with Crippen LogP contribution in [0.4, 0.5) is 0 Å². The summed E-state index contributed by atoms with van der Waals surface area (Å²) in [6.45, 7) is 1.28. The maximum Gasteiger partial charge on any atom is 0.326 e. The fourth-order valence-corrected chi connectivity index (χ4v) is 2.81. The SMILES string of the molecule is CC(O)C(N)C(=O)NC(Cc1cnc[nH]1)C(=O)NC(CC(N)=O)C(=O)NC(CCC(N)=O)C(=O)O. The molecule has 0 aliphatic rings. The molecule has 12 N–H and O–H groups in total. The molecule has 194 valence electrons. The van der Waals surface area contributed by atoms with Gasteiger partial charge in [-0.1, -0.05) is 0 Å². The molecule has 0 aromatic carbocycles. The Morgan fingerprint density at radius 1 is 0.971 bits per heavy atom. The van der Waals surface area contributed by atoms with Crippen molar-refractivity contribution in [1.82, 2.24) is 25.9 Å².